The third-order valence-corrected chi connectivity index (χ3v) is 4.10. The van der Waals surface area contributed by atoms with E-state index in [1.54, 1.807) is 18.2 Å². The molecule has 0 atom stereocenters. The van der Waals surface area contributed by atoms with E-state index in [4.69, 9.17) is 11.8 Å². The topological polar surface area (TPSA) is 65.3 Å². The maximum atomic E-state index is 11.0. The molecule has 0 heterocycles. The summed E-state index contributed by atoms with van der Waals surface area (Å²) >= 11 is 4.90. The number of ketones is 1. The van der Waals surface area contributed by atoms with Gasteiger partial charge in [-0.1, -0.05) is 23.8 Å². The smallest absolute Gasteiger partial charge is 0.458 e. The number of nitrogens with zero attached hydrogens (tertiary/aromatic N) is 1. The Labute approximate surface area is 147 Å². The van der Waals surface area contributed by atoms with Crippen molar-refractivity contribution in [1.29, 1.82) is 0 Å². The van der Waals surface area contributed by atoms with Gasteiger partial charge in [-0.2, -0.15) is 0 Å². The Bertz CT molecular complexity index is 555. The first-order valence-electron chi connectivity index (χ1n) is 5.80. The number of halogens is 1. The molecule has 0 bridgehead atoms. The molecule has 7 heteroatoms. The monoisotopic (exact) mass is 323 g/mol. The fourth-order valence-electron chi connectivity index (χ4n) is 1.44. The SMILES string of the molecule is Cc1ccc(S(=O)(=O)[N-]Cl)cc1.O=C1C=CCCC1.[Na+]. The quantitative estimate of drug-likeness (QED) is 0.745. The van der Waals surface area contributed by atoms with Crippen molar-refractivity contribution >= 4 is 27.6 Å². The Morgan fingerprint density at radius 3 is 2.15 bits per heavy atom. The van der Waals surface area contributed by atoms with E-state index in [-0.39, 0.29) is 40.2 Å². The number of hydrogen-bond donors (Lipinski definition) is 0. The predicted molar refractivity (Wildman–Crippen MR) is 75.6 cm³/mol. The molecule has 1 aliphatic carbocycles. The van der Waals surface area contributed by atoms with E-state index in [0.717, 1.165) is 24.8 Å². The molecule has 0 fully saturated rings. The van der Waals surface area contributed by atoms with E-state index in [9.17, 15) is 13.2 Å². The molecule has 0 amide bonds. The van der Waals surface area contributed by atoms with Gasteiger partial charge in [-0.15, -0.1) is 0 Å². The number of sulfonamides is 1. The van der Waals surface area contributed by atoms with E-state index >= 15 is 0 Å². The average Bonchev–Trinajstić information content (AvgIpc) is 2.41. The van der Waals surface area contributed by atoms with E-state index in [0.29, 0.717) is 0 Å². The summed E-state index contributed by atoms with van der Waals surface area (Å²) in [6, 6.07) is 6.32. The summed E-state index contributed by atoms with van der Waals surface area (Å²) in [6.07, 6.45) is 6.51. The third-order valence-electron chi connectivity index (χ3n) is 2.51. The van der Waals surface area contributed by atoms with Crippen LogP contribution in [0.4, 0.5) is 0 Å². The summed E-state index contributed by atoms with van der Waals surface area (Å²) in [4.78, 5) is 10.5. The molecular weight excluding hydrogens is 309 g/mol. The molecule has 1 aromatic carbocycles. The van der Waals surface area contributed by atoms with Crippen molar-refractivity contribution in [2.24, 2.45) is 0 Å². The Hall–Kier alpha value is -0.170. The molecule has 1 aliphatic rings. The van der Waals surface area contributed by atoms with Gasteiger partial charge in [0.1, 0.15) is 10.0 Å². The molecule has 0 saturated carbocycles. The van der Waals surface area contributed by atoms with Crippen molar-refractivity contribution in [3.63, 3.8) is 0 Å². The third kappa shape index (κ3) is 7.02. The Kier molecular flexibility index (Phi) is 9.63. The molecule has 20 heavy (non-hydrogen) atoms. The van der Waals surface area contributed by atoms with Crippen molar-refractivity contribution in [3.8, 4) is 0 Å². The van der Waals surface area contributed by atoms with Crippen LogP contribution >= 0.6 is 11.8 Å². The van der Waals surface area contributed by atoms with Gasteiger partial charge in [-0.25, -0.2) is 8.42 Å². The second-order valence-electron chi connectivity index (χ2n) is 4.12. The van der Waals surface area contributed by atoms with Gasteiger partial charge < -0.3 is 4.24 Å². The average molecular weight is 324 g/mol. The summed E-state index contributed by atoms with van der Waals surface area (Å²) in [7, 11) is -3.62. The van der Waals surface area contributed by atoms with Crippen molar-refractivity contribution in [3.05, 3.63) is 46.2 Å². The molecule has 0 unspecified atom stereocenters. The first kappa shape index (κ1) is 19.8. The molecule has 0 aliphatic heterocycles. The van der Waals surface area contributed by atoms with Crippen LogP contribution in [0.2, 0.25) is 0 Å². The Morgan fingerprint density at radius 2 is 1.80 bits per heavy atom. The number of aryl methyl sites for hydroxylation is 1. The standard InChI is InChI=1S/C7H7ClNO2S.C6H8O.Na/c1-6-2-4-7(5-3-6)12(10,11)9-8;7-6-4-2-1-3-5-6;/h2-5H,1H3;2,4H,1,3,5H2;/q-1;;+1. The van der Waals surface area contributed by atoms with Crippen LogP contribution in [0.5, 0.6) is 0 Å². The number of allylic oxidation sites excluding steroid dienone is 2. The van der Waals surface area contributed by atoms with Crippen molar-refractivity contribution in [2.45, 2.75) is 31.1 Å². The normalized spacial score (nSPS) is 14.0. The van der Waals surface area contributed by atoms with Crippen LogP contribution in [0.3, 0.4) is 0 Å². The minimum atomic E-state index is -3.62. The maximum Gasteiger partial charge on any atom is 1.00 e. The van der Waals surface area contributed by atoms with Crippen molar-refractivity contribution in [1.82, 2.24) is 0 Å². The van der Waals surface area contributed by atoms with Gasteiger partial charge >= 0.3 is 29.6 Å². The minimum Gasteiger partial charge on any atom is -0.458 e. The van der Waals surface area contributed by atoms with Gasteiger partial charge in [-0.05, 0) is 38.0 Å². The van der Waals surface area contributed by atoms with Gasteiger partial charge in [0.2, 0.25) is 0 Å². The minimum absolute atomic E-state index is 0. The molecule has 0 saturated heterocycles. The second-order valence-corrected chi connectivity index (χ2v) is 6.09. The predicted octanol–water partition coefficient (Wildman–Crippen LogP) is 0.511. The van der Waals surface area contributed by atoms with Gasteiger partial charge in [0.25, 0.3) is 0 Å². The van der Waals surface area contributed by atoms with Crippen LogP contribution in [0.15, 0.2) is 41.3 Å². The molecule has 0 radical (unpaired) electrons. The molecule has 0 aromatic heterocycles. The first-order chi connectivity index (χ1) is 8.95. The maximum absolute atomic E-state index is 11.0. The zero-order valence-corrected chi connectivity index (χ0v) is 15.1. The summed E-state index contributed by atoms with van der Waals surface area (Å²) in [5.41, 5.74) is 0.989. The zero-order chi connectivity index (χ0) is 14.3. The first-order valence-corrected chi connectivity index (χ1v) is 7.58. The van der Waals surface area contributed by atoms with Gasteiger partial charge in [-0.3, -0.25) is 16.6 Å². The molecule has 0 N–H and O–H groups in total. The van der Waals surface area contributed by atoms with E-state index in [2.05, 4.69) is 4.24 Å². The Morgan fingerprint density at radius 1 is 1.20 bits per heavy atom. The van der Waals surface area contributed by atoms with Crippen LogP contribution in [0.1, 0.15) is 24.8 Å². The number of hydrogen-bond acceptors (Lipinski definition) is 3. The van der Waals surface area contributed by atoms with E-state index in [1.807, 2.05) is 13.0 Å². The zero-order valence-electron chi connectivity index (χ0n) is 11.5. The number of carbonyl (C=O) groups excluding carboxylic acids is 1. The Balaban J connectivity index is 0.000000387. The van der Waals surface area contributed by atoms with Gasteiger partial charge in [0, 0.05) is 11.3 Å². The summed E-state index contributed by atoms with van der Waals surface area (Å²) in [5.74, 6) is 0.284. The number of benzene rings is 1. The second kappa shape index (κ2) is 9.71. The van der Waals surface area contributed by atoms with Crippen LogP contribution < -0.4 is 29.6 Å². The fraction of sp³-hybridized carbons (Fsp3) is 0.308. The van der Waals surface area contributed by atoms with E-state index < -0.39 is 10.0 Å². The molecule has 1 aromatic rings. The summed E-state index contributed by atoms with van der Waals surface area (Å²) in [5, 5.41) is 0. The molecule has 2 rings (SSSR count). The summed E-state index contributed by atoms with van der Waals surface area (Å²) in [6.45, 7) is 1.87. The van der Waals surface area contributed by atoms with Gasteiger partial charge in [0.05, 0.1) is 0 Å². The number of rotatable bonds is 2. The largest absolute Gasteiger partial charge is 1.00 e. The fourth-order valence-corrected chi connectivity index (χ4v) is 2.24. The molecule has 0 spiro atoms. The van der Waals surface area contributed by atoms with Crippen molar-refractivity contribution in [2.75, 3.05) is 0 Å². The van der Waals surface area contributed by atoms with Crippen LogP contribution in [0.25, 0.3) is 4.24 Å². The van der Waals surface area contributed by atoms with Crippen molar-refractivity contribution < 1.29 is 42.8 Å². The van der Waals surface area contributed by atoms with Crippen LogP contribution in [-0.2, 0) is 14.8 Å². The molecule has 104 valence electrons. The number of carbonyl (C=O) groups is 1. The van der Waals surface area contributed by atoms with Crippen LogP contribution in [0, 0.1) is 6.92 Å². The van der Waals surface area contributed by atoms with E-state index in [1.165, 1.54) is 12.1 Å². The van der Waals surface area contributed by atoms with Gasteiger partial charge in [0.15, 0.2) is 5.78 Å². The summed E-state index contributed by atoms with van der Waals surface area (Å²) < 4.78 is 24.8. The molecular formula is C13H15ClNNaO3S. The molecule has 4 nitrogen and oxygen atoms in total. The van der Waals surface area contributed by atoms with Crippen LogP contribution in [-0.4, -0.2) is 14.2 Å².